The molecule has 0 fully saturated rings. The van der Waals surface area contributed by atoms with Crippen molar-refractivity contribution in [3.8, 4) is 0 Å². The molecule has 0 aromatic carbocycles. The van der Waals surface area contributed by atoms with E-state index in [9.17, 15) is 4.79 Å². The summed E-state index contributed by atoms with van der Waals surface area (Å²) in [6.45, 7) is 1.91. The van der Waals surface area contributed by atoms with E-state index in [1.807, 2.05) is 22.9 Å². The Hall–Kier alpha value is -3.01. The number of nitrogens with one attached hydrogen (secondary N) is 2. The van der Waals surface area contributed by atoms with Gasteiger partial charge in [0.05, 0.1) is 13.1 Å². The van der Waals surface area contributed by atoms with E-state index in [1.54, 1.807) is 32.3 Å². The third kappa shape index (κ3) is 5.99. The van der Waals surface area contributed by atoms with Crippen LogP contribution in [0.1, 0.15) is 23.8 Å². The van der Waals surface area contributed by atoms with Gasteiger partial charge in [0.2, 0.25) is 5.91 Å². The molecule has 2 aromatic rings. The van der Waals surface area contributed by atoms with E-state index in [-0.39, 0.29) is 18.5 Å². The molecule has 0 saturated carbocycles. The number of aromatic nitrogens is 4. The Morgan fingerprint density at radius 1 is 1.43 bits per heavy atom. The van der Waals surface area contributed by atoms with Crippen LogP contribution in [0.15, 0.2) is 29.4 Å². The van der Waals surface area contributed by atoms with Gasteiger partial charge in [-0.15, -0.1) is 0 Å². The fourth-order valence-electron chi connectivity index (χ4n) is 3.30. The van der Waals surface area contributed by atoms with Gasteiger partial charge in [-0.3, -0.25) is 14.8 Å². The number of guanidine groups is 1. The van der Waals surface area contributed by atoms with Crippen LogP contribution >= 0.6 is 0 Å². The fraction of sp³-hybridized carbons (Fsp3) is 0.550. The first-order valence-corrected chi connectivity index (χ1v) is 10.1. The number of nitrogens with zero attached hydrogens (tertiary/aromatic N) is 6. The number of hydrogen-bond acceptors (Lipinski definition) is 6. The molecule has 30 heavy (non-hydrogen) atoms. The highest BCUT2D eigenvalue weighted by atomic mass is 16.5. The molecule has 0 radical (unpaired) electrons. The standard InChI is InChI=1S/C20H30N8O2/c1-21-20(23-12-19(29)27(2)11-9-15-6-4-5-10-22-15)24-16-7-8-18-25-17(14-30-3)26-28(18)13-16/h4-6,10,16H,7-9,11-14H2,1-3H3,(H2,21,23,24). The summed E-state index contributed by atoms with van der Waals surface area (Å²) in [6, 6.07) is 5.96. The molecule has 1 amide bonds. The second-order valence-electron chi connectivity index (χ2n) is 7.25. The summed E-state index contributed by atoms with van der Waals surface area (Å²) >= 11 is 0. The maximum absolute atomic E-state index is 12.4. The molecule has 3 rings (SSSR count). The van der Waals surface area contributed by atoms with Crippen LogP contribution in [0.25, 0.3) is 0 Å². The van der Waals surface area contributed by atoms with Gasteiger partial charge in [-0.05, 0) is 18.6 Å². The van der Waals surface area contributed by atoms with Crippen molar-refractivity contribution in [3.05, 3.63) is 41.7 Å². The number of fused-ring (bicyclic) bond motifs is 1. The van der Waals surface area contributed by atoms with Crippen molar-refractivity contribution in [3.63, 3.8) is 0 Å². The van der Waals surface area contributed by atoms with Crippen LogP contribution in [0, 0.1) is 0 Å². The van der Waals surface area contributed by atoms with E-state index in [0.717, 1.165) is 30.8 Å². The first-order chi connectivity index (χ1) is 14.6. The molecule has 2 N–H and O–H groups in total. The van der Waals surface area contributed by atoms with Crippen LogP contribution in [0.2, 0.25) is 0 Å². The molecule has 0 spiro atoms. The van der Waals surface area contributed by atoms with Crippen molar-refractivity contribution < 1.29 is 9.53 Å². The summed E-state index contributed by atoms with van der Waals surface area (Å²) in [5, 5.41) is 11.0. The number of carbonyl (C=O) groups is 1. The number of rotatable bonds is 8. The number of aliphatic imine (C=N–C) groups is 1. The lowest BCUT2D eigenvalue weighted by atomic mass is 10.1. The summed E-state index contributed by atoms with van der Waals surface area (Å²) in [6.07, 6.45) is 4.24. The number of likely N-dealkylation sites (N-methyl/N-ethyl adjacent to an activating group) is 1. The van der Waals surface area contributed by atoms with Gasteiger partial charge >= 0.3 is 0 Å². The molecule has 0 saturated heterocycles. The minimum atomic E-state index is 0.000273. The number of methoxy groups -OCH3 is 1. The predicted octanol–water partition coefficient (Wildman–Crippen LogP) is 0.000400. The van der Waals surface area contributed by atoms with Crippen LogP contribution < -0.4 is 10.6 Å². The Morgan fingerprint density at radius 2 is 2.30 bits per heavy atom. The Bertz CT molecular complexity index is 852. The van der Waals surface area contributed by atoms with Crippen molar-refractivity contribution in [1.82, 2.24) is 35.3 Å². The molecule has 2 aromatic heterocycles. The Morgan fingerprint density at radius 3 is 3.03 bits per heavy atom. The maximum atomic E-state index is 12.4. The average Bonchev–Trinajstić information content (AvgIpc) is 3.17. The second kappa shape index (κ2) is 10.7. The summed E-state index contributed by atoms with van der Waals surface area (Å²) < 4.78 is 7.02. The smallest absolute Gasteiger partial charge is 0.241 e. The van der Waals surface area contributed by atoms with Gasteiger partial charge in [0, 0.05) is 58.5 Å². The summed E-state index contributed by atoms with van der Waals surface area (Å²) in [7, 11) is 5.14. The van der Waals surface area contributed by atoms with Crippen LogP contribution in [0.5, 0.6) is 0 Å². The van der Waals surface area contributed by atoms with Crippen molar-refractivity contribution in [2.45, 2.75) is 38.5 Å². The summed E-state index contributed by atoms with van der Waals surface area (Å²) in [5.41, 5.74) is 0.973. The van der Waals surface area contributed by atoms with Gasteiger partial charge in [-0.25, -0.2) is 9.67 Å². The Kier molecular flexibility index (Phi) is 7.72. The Balaban J connectivity index is 1.43. The molecule has 1 aliphatic rings. The molecular weight excluding hydrogens is 384 g/mol. The van der Waals surface area contributed by atoms with Crippen molar-refractivity contribution in [2.75, 3.05) is 34.3 Å². The highest BCUT2D eigenvalue weighted by Crippen LogP contribution is 2.13. The van der Waals surface area contributed by atoms with E-state index in [2.05, 4.69) is 30.7 Å². The van der Waals surface area contributed by atoms with E-state index in [1.165, 1.54) is 0 Å². The summed E-state index contributed by atoms with van der Waals surface area (Å²) in [4.78, 5) is 27.2. The van der Waals surface area contributed by atoms with E-state index < -0.39 is 0 Å². The SMILES string of the molecule is CN=C(NCC(=O)N(C)CCc1ccccn1)NC1CCc2nc(COC)nn2C1. The predicted molar refractivity (Wildman–Crippen MR) is 113 cm³/mol. The fourth-order valence-corrected chi connectivity index (χ4v) is 3.30. The minimum Gasteiger partial charge on any atom is -0.377 e. The molecule has 1 aliphatic heterocycles. The van der Waals surface area contributed by atoms with Gasteiger partial charge in [0.1, 0.15) is 12.4 Å². The van der Waals surface area contributed by atoms with E-state index in [0.29, 0.717) is 31.5 Å². The zero-order chi connectivity index (χ0) is 21.3. The quantitative estimate of drug-likeness (QED) is 0.462. The highest BCUT2D eigenvalue weighted by molar-refractivity contribution is 5.86. The van der Waals surface area contributed by atoms with E-state index in [4.69, 9.17) is 4.74 Å². The second-order valence-corrected chi connectivity index (χ2v) is 7.25. The largest absolute Gasteiger partial charge is 0.377 e. The van der Waals surface area contributed by atoms with Crippen LogP contribution in [-0.4, -0.2) is 76.9 Å². The Labute approximate surface area is 176 Å². The van der Waals surface area contributed by atoms with Gasteiger partial charge in [0.15, 0.2) is 11.8 Å². The number of amides is 1. The first kappa shape index (κ1) is 21.7. The first-order valence-electron chi connectivity index (χ1n) is 10.1. The van der Waals surface area contributed by atoms with Crippen LogP contribution in [0.4, 0.5) is 0 Å². The number of ether oxygens (including phenoxy) is 1. The molecule has 1 unspecified atom stereocenters. The number of hydrogen-bond donors (Lipinski definition) is 2. The monoisotopic (exact) mass is 414 g/mol. The van der Waals surface area contributed by atoms with Gasteiger partial charge in [-0.1, -0.05) is 6.07 Å². The summed E-state index contributed by atoms with van der Waals surface area (Å²) in [5.74, 6) is 2.29. The van der Waals surface area contributed by atoms with Gasteiger partial charge < -0.3 is 20.3 Å². The molecule has 3 heterocycles. The number of aryl methyl sites for hydroxylation is 1. The normalized spacial score (nSPS) is 16.1. The average molecular weight is 415 g/mol. The van der Waals surface area contributed by atoms with E-state index >= 15 is 0 Å². The van der Waals surface area contributed by atoms with Crippen molar-refractivity contribution >= 4 is 11.9 Å². The molecular formula is C20H30N8O2. The number of carbonyl (C=O) groups excluding carboxylic acids is 1. The van der Waals surface area contributed by atoms with Gasteiger partial charge in [-0.2, -0.15) is 5.10 Å². The third-order valence-corrected chi connectivity index (χ3v) is 5.00. The lowest BCUT2D eigenvalue weighted by Crippen LogP contribution is -2.49. The molecule has 10 nitrogen and oxygen atoms in total. The van der Waals surface area contributed by atoms with Crippen molar-refractivity contribution in [2.24, 2.45) is 4.99 Å². The molecule has 10 heteroatoms. The number of pyridine rings is 1. The molecule has 1 atom stereocenters. The van der Waals surface area contributed by atoms with Gasteiger partial charge in [0.25, 0.3) is 0 Å². The molecule has 0 bridgehead atoms. The molecule has 162 valence electrons. The minimum absolute atomic E-state index is 0.000273. The van der Waals surface area contributed by atoms with Crippen LogP contribution in [0.3, 0.4) is 0 Å². The zero-order valence-electron chi connectivity index (χ0n) is 17.8. The molecule has 0 aliphatic carbocycles. The zero-order valence-corrected chi connectivity index (χ0v) is 17.8. The lowest BCUT2D eigenvalue weighted by molar-refractivity contribution is -0.128. The van der Waals surface area contributed by atoms with Crippen molar-refractivity contribution in [1.29, 1.82) is 0 Å². The maximum Gasteiger partial charge on any atom is 0.241 e. The third-order valence-electron chi connectivity index (χ3n) is 5.00. The highest BCUT2D eigenvalue weighted by Gasteiger charge is 2.22. The van der Waals surface area contributed by atoms with Crippen LogP contribution in [-0.2, 0) is 35.5 Å². The topological polar surface area (TPSA) is 110 Å². The lowest BCUT2D eigenvalue weighted by Gasteiger charge is -2.25.